The summed E-state index contributed by atoms with van der Waals surface area (Å²) >= 11 is 0. The van der Waals surface area contributed by atoms with E-state index < -0.39 is 0 Å². The molecule has 1 aromatic carbocycles. The molecule has 3 aromatic rings. The maximum atomic E-state index is 13.7. The number of rotatable bonds is 8. The SMILES string of the molecule is CCc1oc2ccc(Nc3ncc(CC(=O)C4CCOCC4)c(=O)n3CC3CCC(C)CC3)cc2c1C. The number of fused-ring (bicyclic) bond motifs is 1. The van der Waals surface area contributed by atoms with E-state index in [2.05, 4.69) is 37.1 Å². The van der Waals surface area contributed by atoms with Crippen molar-refractivity contribution in [3.05, 3.63) is 51.6 Å². The van der Waals surface area contributed by atoms with E-state index in [1.807, 2.05) is 12.1 Å². The number of Topliss-reactive ketones (excluding diaryl/α,β-unsaturated/α-hetero) is 1. The van der Waals surface area contributed by atoms with E-state index in [1.54, 1.807) is 10.8 Å². The number of aryl methyl sites for hydroxylation is 2. The highest BCUT2D eigenvalue weighted by Gasteiger charge is 2.25. The third-order valence-corrected chi connectivity index (χ3v) is 8.35. The Bertz CT molecular complexity index is 1310. The topological polar surface area (TPSA) is 86.4 Å². The Kier molecular flexibility index (Phi) is 7.79. The average molecular weight is 506 g/mol. The zero-order valence-corrected chi connectivity index (χ0v) is 22.3. The second-order valence-corrected chi connectivity index (χ2v) is 11.0. The van der Waals surface area contributed by atoms with Gasteiger partial charge >= 0.3 is 0 Å². The molecule has 2 aliphatic rings. The lowest BCUT2D eigenvalue weighted by atomic mass is 9.83. The minimum atomic E-state index is -0.106. The van der Waals surface area contributed by atoms with E-state index in [9.17, 15) is 9.59 Å². The number of hydrogen-bond acceptors (Lipinski definition) is 6. The van der Waals surface area contributed by atoms with Gasteiger partial charge in [0.1, 0.15) is 17.1 Å². The molecule has 7 nitrogen and oxygen atoms in total. The van der Waals surface area contributed by atoms with E-state index in [0.717, 1.165) is 66.0 Å². The number of carbonyl (C=O) groups excluding carboxylic acids is 1. The number of furan rings is 1. The fourth-order valence-electron chi connectivity index (χ4n) is 5.86. The first-order valence-electron chi connectivity index (χ1n) is 13.9. The summed E-state index contributed by atoms with van der Waals surface area (Å²) in [7, 11) is 0. The van der Waals surface area contributed by atoms with Crippen LogP contribution in [0.15, 0.2) is 33.6 Å². The number of benzene rings is 1. The van der Waals surface area contributed by atoms with Gasteiger partial charge < -0.3 is 14.5 Å². The van der Waals surface area contributed by atoms with Crippen LogP contribution in [0.1, 0.15) is 69.3 Å². The van der Waals surface area contributed by atoms with Crippen molar-refractivity contribution in [2.75, 3.05) is 18.5 Å². The lowest BCUT2D eigenvalue weighted by Gasteiger charge is -2.27. The van der Waals surface area contributed by atoms with Crippen LogP contribution in [0.4, 0.5) is 11.6 Å². The second-order valence-electron chi connectivity index (χ2n) is 11.0. The summed E-state index contributed by atoms with van der Waals surface area (Å²) in [5, 5.41) is 4.48. The highest BCUT2D eigenvalue weighted by molar-refractivity contribution is 5.86. The van der Waals surface area contributed by atoms with Crippen LogP contribution in [-0.2, 0) is 28.9 Å². The fraction of sp³-hybridized carbons (Fsp3) is 0.567. The summed E-state index contributed by atoms with van der Waals surface area (Å²) in [5.41, 5.74) is 3.25. The van der Waals surface area contributed by atoms with Gasteiger partial charge in [-0.05, 0) is 68.2 Å². The maximum absolute atomic E-state index is 13.7. The highest BCUT2D eigenvalue weighted by Crippen LogP contribution is 2.31. The predicted molar refractivity (Wildman–Crippen MR) is 145 cm³/mol. The minimum Gasteiger partial charge on any atom is -0.461 e. The van der Waals surface area contributed by atoms with Crippen LogP contribution in [0.25, 0.3) is 11.0 Å². The molecule has 37 heavy (non-hydrogen) atoms. The van der Waals surface area contributed by atoms with Crippen molar-refractivity contribution in [1.29, 1.82) is 0 Å². The quantitative estimate of drug-likeness (QED) is 0.406. The van der Waals surface area contributed by atoms with Crippen molar-refractivity contribution in [1.82, 2.24) is 9.55 Å². The standard InChI is InChI=1S/C30H39N3O4/c1-4-27-20(3)25-16-24(9-10-28(25)37-27)32-30-31-17-23(15-26(34)22-11-13-36-14-12-22)29(35)33(30)18-21-7-5-19(2)6-8-21/h9-10,16-17,19,21-22H,4-8,11-15,18H2,1-3H3,(H,31,32). The van der Waals surface area contributed by atoms with Gasteiger partial charge in [-0.25, -0.2) is 4.98 Å². The molecular formula is C30H39N3O4. The number of hydrogen-bond donors (Lipinski definition) is 1. The Balaban J connectivity index is 1.44. The summed E-state index contributed by atoms with van der Waals surface area (Å²) < 4.78 is 13.1. The van der Waals surface area contributed by atoms with Crippen LogP contribution < -0.4 is 10.9 Å². The maximum Gasteiger partial charge on any atom is 0.258 e. The molecular weight excluding hydrogens is 466 g/mol. The number of anilines is 2. The molecule has 1 N–H and O–H groups in total. The van der Waals surface area contributed by atoms with Crippen LogP contribution in [0, 0.1) is 24.7 Å². The van der Waals surface area contributed by atoms with E-state index >= 15 is 0 Å². The van der Waals surface area contributed by atoms with Crippen molar-refractivity contribution >= 4 is 28.4 Å². The zero-order chi connectivity index (χ0) is 25.9. The Morgan fingerprint density at radius 2 is 1.89 bits per heavy atom. The molecule has 0 amide bonds. The summed E-state index contributed by atoms with van der Waals surface area (Å²) in [4.78, 5) is 31.4. The van der Waals surface area contributed by atoms with Crippen LogP contribution >= 0.6 is 0 Å². The Hall–Kier alpha value is -2.93. The minimum absolute atomic E-state index is 0.0304. The van der Waals surface area contributed by atoms with Crippen LogP contribution in [0.3, 0.4) is 0 Å². The first-order chi connectivity index (χ1) is 17.9. The summed E-state index contributed by atoms with van der Waals surface area (Å²) in [6.45, 7) is 8.32. The lowest BCUT2D eigenvalue weighted by molar-refractivity contribution is -0.125. The number of nitrogens with zero attached hydrogens (tertiary/aromatic N) is 2. The van der Waals surface area contributed by atoms with Crippen LogP contribution in [-0.4, -0.2) is 28.5 Å². The molecule has 0 bridgehead atoms. The average Bonchev–Trinajstić information content (AvgIpc) is 3.24. The molecule has 1 aliphatic heterocycles. The molecule has 2 fully saturated rings. The molecule has 3 heterocycles. The molecule has 0 spiro atoms. The van der Waals surface area contributed by atoms with Crippen molar-refractivity contribution in [3.8, 4) is 0 Å². The van der Waals surface area contributed by atoms with E-state index in [0.29, 0.717) is 37.2 Å². The molecule has 0 atom stereocenters. The normalized spacial score (nSPS) is 20.8. The van der Waals surface area contributed by atoms with Gasteiger partial charge in [-0.2, -0.15) is 0 Å². The number of nitrogens with one attached hydrogen (secondary N) is 1. The van der Waals surface area contributed by atoms with E-state index in [1.165, 1.54) is 12.8 Å². The van der Waals surface area contributed by atoms with Gasteiger partial charge in [0.05, 0.1) is 0 Å². The van der Waals surface area contributed by atoms with Gasteiger partial charge in [0.2, 0.25) is 5.95 Å². The monoisotopic (exact) mass is 505 g/mol. The van der Waals surface area contributed by atoms with Crippen LogP contribution in [0.5, 0.6) is 0 Å². The Morgan fingerprint density at radius 3 is 2.62 bits per heavy atom. The number of ether oxygens (including phenoxy) is 1. The Morgan fingerprint density at radius 1 is 1.14 bits per heavy atom. The van der Waals surface area contributed by atoms with Gasteiger partial charge in [-0.15, -0.1) is 0 Å². The molecule has 1 saturated carbocycles. The second kappa shape index (κ2) is 11.2. The van der Waals surface area contributed by atoms with Gasteiger partial charge in [0.15, 0.2) is 0 Å². The van der Waals surface area contributed by atoms with Crippen molar-refractivity contribution in [2.24, 2.45) is 17.8 Å². The van der Waals surface area contributed by atoms with Crippen molar-refractivity contribution in [3.63, 3.8) is 0 Å². The lowest BCUT2D eigenvalue weighted by Crippen LogP contribution is -2.33. The highest BCUT2D eigenvalue weighted by atomic mass is 16.5. The zero-order valence-electron chi connectivity index (χ0n) is 22.3. The van der Waals surface area contributed by atoms with Crippen molar-refractivity contribution < 1.29 is 13.9 Å². The molecule has 0 radical (unpaired) electrons. The van der Waals surface area contributed by atoms with Crippen molar-refractivity contribution in [2.45, 2.75) is 78.7 Å². The predicted octanol–water partition coefficient (Wildman–Crippen LogP) is 5.97. The molecule has 1 saturated heterocycles. The van der Waals surface area contributed by atoms with E-state index in [4.69, 9.17) is 9.15 Å². The smallest absolute Gasteiger partial charge is 0.258 e. The number of aromatic nitrogens is 2. The molecule has 7 heteroatoms. The van der Waals surface area contributed by atoms with E-state index in [-0.39, 0.29) is 23.7 Å². The molecule has 2 aromatic heterocycles. The van der Waals surface area contributed by atoms with Gasteiger partial charge in [-0.1, -0.05) is 26.7 Å². The summed E-state index contributed by atoms with van der Waals surface area (Å²) in [6, 6.07) is 6.00. The van der Waals surface area contributed by atoms with Gasteiger partial charge in [-0.3, -0.25) is 14.2 Å². The number of ketones is 1. The first kappa shape index (κ1) is 25.7. The molecule has 198 valence electrons. The third kappa shape index (κ3) is 5.66. The fourth-order valence-corrected chi connectivity index (χ4v) is 5.86. The molecule has 1 aliphatic carbocycles. The Labute approximate surface area is 218 Å². The number of carbonyl (C=O) groups is 1. The summed E-state index contributed by atoms with van der Waals surface area (Å²) in [6.07, 6.45) is 8.64. The van der Waals surface area contributed by atoms with Gasteiger partial charge in [0.25, 0.3) is 5.56 Å². The summed E-state index contributed by atoms with van der Waals surface area (Å²) in [5.74, 6) is 2.79. The van der Waals surface area contributed by atoms with Crippen LogP contribution in [0.2, 0.25) is 0 Å². The third-order valence-electron chi connectivity index (χ3n) is 8.35. The molecule has 5 rings (SSSR count). The first-order valence-corrected chi connectivity index (χ1v) is 13.9. The van der Waals surface area contributed by atoms with Gasteiger partial charge in [0, 0.05) is 61.4 Å². The largest absolute Gasteiger partial charge is 0.461 e. The molecule has 0 unspecified atom stereocenters.